The molecule has 4 rings (SSSR count). The summed E-state index contributed by atoms with van der Waals surface area (Å²) in [5.41, 5.74) is 2.08. The first kappa shape index (κ1) is 19.1. The molecule has 0 saturated carbocycles. The molecule has 2 aliphatic rings. The van der Waals surface area contributed by atoms with Crippen LogP contribution in [0.3, 0.4) is 0 Å². The number of hydrogen-bond donors (Lipinski definition) is 1. The standard InChI is InChI=1S/C21H20BrN3O2S/c22-17-7-4-14(5-8-17)6-9-19(26)23-21(28)24-11-15-10-16(13-24)18-2-1-3-20(27)25(18)12-15/h1-9,15-16H,10-13H2,(H,23,26,28)/b9-6+/t15-,16+/m1/s1. The van der Waals surface area contributed by atoms with Gasteiger partial charge in [-0.05, 0) is 54.4 Å². The number of piperidine rings is 1. The number of likely N-dealkylation sites (tertiary alicyclic amines) is 1. The summed E-state index contributed by atoms with van der Waals surface area (Å²) >= 11 is 8.88. The molecule has 0 aliphatic carbocycles. The molecule has 2 bridgehead atoms. The molecular weight excluding hydrogens is 438 g/mol. The van der Waals surface area contributed by atoms with E-state index >= 15 is 0 Å². The van der Waals surface area contributed by atoms with E-state index in [4.69, 9.17) is 12.2 Å². The molecule has 1 saturated heterocycles. The number of rotatable bonds is 2. The molecule has 5 nitrogen and oxygen atoms in total. The molecule has 1 aromatic carbocycles. The first-order valence-corrected chi connectivity index (χ1v) is 10.4. The highest BCUT2D eigenvalue weighted by Gasteiger charge is 2.35. The van der Waals surface area contributed by atoms with Crippen molar-refractivity contribution in [2.24, 2.45) is 5.92 Å². The molecule has 7 heteroatoms. The zero-order chi connectivity index (χ0) is 19.7. The highest BCUT2D eigenvalue weighted by Crippen LogP contribution is 2.34. The van der Waals surface area contributed by atoms with Gasteiger partial charge in [0.25, 0.3) is 5.56 Å². The van der Waals surface area contributed by atoms with E-state index in [1.54, 1.807) is 12.1 Å². The van der Waals surface area contributed by atoms with Crippen LogP contribution in [0.1, 0.15) is 23.6 Å². The topological polar surface area (TPSA) is 54.3 Å². The van der Waals surface area contributed by atoms with Gasteiger partial charge in [0.15, 0.2) is 5.11 Å². The van der Waals surface area contributed by atoms with Crippen molar-refractivity contribution < 1.29 is 4.79 Å². The lowest BCUT2D eigenvalue weighted by Crippen LogP contribution is -2.52. The Hall–Kier alpha value is -2.25. The second kappa shape index (κ2) is 8.01. The van der Waals surface area contributed by atoms with Gasteiger partial charge in [-0.15, -0.1) is 0 Å². The second-order valence-electron chi connectivity index (χ2n) is 7.28. The minimum atomic E-state index is -0.236. The summed E-state index contributed by atoms with van der Waals surface area (Å²) in [6.45, 7) is 2.18. The fourth-order valence-corrected chi connectivity index (χ4v) is 4.55. The number of amides is 1. The summed E-state index contributed by atoms with van der Waals surface area (Å²) in [5, 5.41) is 3.26. The van der Waals surface area contributed by atoms with Crippen molar-refractivity contribution in [3.8, 4) is 0 Å². The zero-order valence-electron chi connectivity index (χ0n) is 15.2. The maximum absolute atomic E-state index is 12.3. The van der Waals surface area contributed by atoms with Crippen molar-refractivity contribution in [1.82, 2.24) is 14.8 Å². The molecule has 3 heterocycles. The third kappa shape index (κ3) is 4.10. The number of fused-ring (bicyclic) bond motifs is 4. The number of nitrogens with one attached hydrogen (secondary N) is 1. The molecule has 1 amide bonds. The van der Waals surface area contributed by atoms with Gasteiger partial charge in [0, 0.05) is 47.9 Å². The van der Waals surface area contributed by atoms with E-state index in [1.807, 2.05) is 41.0 Å². The number of carbonyl (C=O) groups is 1. The van der Waals surface area contributed by atoms with Crippen molar-refractivity contribution in [2.45, 2.75) is 18.9 Å². The summed E-state index contributed by atoms with van der Waals surface area (Å²) in [4.78, 5) is 26.4. The van der Waals surface area contributed by atoms with Crippen LogP contribution in [0, 0.1) is 5.92 Å². The quantitative estimate of drug-likeness (QED) is 0.555. The van der Waals surface area contributed by atoms with E-state index in [-0.39, 0.29) is 17.4 Å². The molecule has 1 N–H and O–H groups in total. The van der Waals surface area contributed by atoms with Crippen LogP contribution in [0.4, 0.5) is 0 Å². The van der Waals surface area contributed by atoms with Gasteiger partial charge in [-0.1, -0.05) is 34.1 Å². The van der Waals surface area contributed by atoms with Gasteiger partial charge in [-0.3, -0.25) is 14.9 Å². The molecule has 28 heavy (non-hydrogen) atoms. The van der Waals surface area contributed by atoms with E-state index in [0.29, 0.717) is 17.6 Å². The molecule has 2 aromatic rings. The first-order valence-electron chi connectivity index (χ1n) is 9.23. The number of benzene rings is 1. The Morgan fingerprint density at radius 3 is 2.71 bits per heavy atom. The normalized spacial score (nSPS) is 20.7. The van der Waals surface area contributed by atoms with Crippen molar-refractivity contribution >= 4 is 45.2 Å². The summed E-state index contributed by atoms with van der Waals surface area (Å²) in [5.74, 6) is 0.384. The maximum Gasteiger partial charge on any atom is 0.250 e. The summed E-state index contributed by atoms with van der Waals surface area (Å²) in [6, 6.07) is 13.2. The average molecular weight is 458 g/mol. The Balaban J connectivity index is 1.40. The number of carbonyl (C=O) groups excluding carboxylic acids is 1. The average Bonchev–Trinajstić information content (AvgIpc) is 2.68. The minimum absolute atomic E-state index is 0.0645. The van der Waals surface area contributed by atoms with Crippen LogP contribution in [-0.2, 0) is 11.3 Å². The van der Waals surface area contributed by atoms with Crippen LogP contribution in [0.5, 0.6) is 0 Å². The minimum Gasteiger partial charge on any atom is -0.348 e. The number of nitrogens with zero attached hydrogens (tertiary/aromatic N) is 2. The van der Waals surface area contributed by atoms with Crippen LogP contribution in [-0.4, -0.2) is 33.6 Å². The number of aromatic nitrogens is 1. The highest BCUT2D eigenvalue weighted by atomic mass is 79.9. The molecule has 1 fully saturated rings. The van der Waals surface area contributed by atoms with Crippen molar-refractivity contribution in [3.63, 3.8) is 0 Å². The van der Waals surface area contributed by atoms with E-state index in [9.17, 15) is 9.59 Å². The predicted molar refractivity (Wildman–Crippen MR) is 117 cm³/mol. The van der Waals surface area contributed by atoms with Gasteiger partial charge < -0.3 is 9.47 Å². The van der Waals surface area contributed by atoms with Gasteiger partial charge in [-0.2, -0.15) is 0 Å². The second-order valence-corrected chi connectivity index (χ2v) is 8.58. The van der Waals surface area contributed by atoms with Crippen LogP contribution >= 0.6 is 28.1 Å². The van der Waals surface area contributed by atoms with Crippen molar-refractivity contribution in [1.29, 1.82) is 0 Å². The first-order chi connectivity index (χ1) is 13.5. The van der Waals surface area contributed by atoms with Gasteiger partial charge in [0.2, 0.25) is 5.91 Å². The molecule has 1 aromatic heterocycles. The Morgan fingerprint density at radius 2 is 1.93 bits per heavy atom. The highest BCUT2D eigenvalue weighted by molar-refractivity contribution is 9.10. The third-order valence-electron chi connectivity index (χ3n) is 5.29. The van der Waals surface area contributed by atoms with Gasteiger partial charge in [0.1, 0.15) is 0 Å². The summed E-state index contributed by atoms with van der Waals surface area (Å²) in [7, 11) is 0. The van der Waals surface area contributed by atoms with E-state index in [2.05, 4.69) is 26.1 Å². The Kier molecular flexibility index (Phi) is 5.46. The molecule has 0 unspecified atom stereocenters. The Bertz CT molecular complexity index is 999. The van der Waals surface area contributed by atoms with Crippen molar-refractivity contribution in [3.05, 3.63) is 74.6 Å². The number of hydrogen-bond acceptors (Lipinski definition) is 3. The molecule has 0 radical (unpaired) electrons. The van der Waals surface area contributed by atoms with Gasteiger partial charge >= 0.3 is 0 Å². The lowest BCUT2D eigenvalue weighted by Gasteiger charge is -2.43. The fraction of sp³-hybridized carbons (Fsp3) is 0.286. The fourth-order valence-electron chi connectivity index (χ4n) is 4.03. The Morgan fingerprint density at radius 1 is 1.14 bits per heavy atom. The van der Waals surface area contributed by atoms with Crippen LogP contribution in [0.15, 0.2) is 57.8 Å². The molecule has 144 valence electrons. The largest absolute Gasteiger partial charge is 0.348 e. The SMILES string of the molecule is O=C(/C=C/c1ccc(Br)cc1)NC(=S)N1C[C@H]2C[C@@H](C1)c1cccc(=O)n1C2. The summed E-state index contributed by atoms with van der Waals surface area (Å²) < 4.78 is 2.88. The zero-order valence-corrected chi connectivity index (χ0v) is 17.6. The van der Waals surface area contributed by atoms with E-state index in [0.717, 1.165) is 35.2 Å². The predicted octanol–water partition coefficient (Wildman–Crippen LogP) is 3.14. The number of thiocarbonyl (C=S) groups is 1. The van der Waals surface area contributed by atoms with Gasteiger partial charge in [0.05, 0.1) is 0 Å². The van der Waals surface area contributed by atoms with E-state index < -0.39 is 0 Å². The molecule has 2 aliphatic heterocycles. The van der Waals surface area contributed by atoms with Crippen LogP contribution in [0.2, 0.25) is 0 Å². The van der Waals surface area contributed by atoms with Crippen LogP contribution < -0.4 is 10.9 Å². The lowest BCUT2D eigenvalue weighted by molar-refractivity contribution is -0.115. The number of pyridine rings is 1. The molecule has 2 atom stereocenters. The third-order valence-corrected chi connectivity index (χ3v) is 6.18. The lowest BCUT2D eigenvalue weighted by atomic mass is 9.83. The summed E-state index contributed by atoms with van der Waals surface area (Å²) in [6.07, 6.45) is 4.31. The van der Waals surface area contributed by atoms with Gasteiger partial charge in [-0.25, -0.2) is 0 Å². The maximum atomic E-state index is 12.3. The monoisotopic (exact) mass is 457 g/mol. The van der Waals surface area contributed by atoms with Crippen LogP contribution in [0.25, 0.3) is 6.08 Å². The molecular formula is C21H20BrN3O2S. The van der Waals surface area contributed by atoms with E-state index in [1.165, 1.54) is 6.08 Å². The number of halogens is 1. The smallest absolute Gasteiger partial charge is 0.250 e. The molecule has 0 spiro atoms. The van der Waals surface area contributed by atoms with Crippen molar-refractivity contribution in [2.75, 3.05) is 13.1 Å². The Labute approximate surface area is 177 Å².